The second-order valence-electron chi connectivity index (χ2n) is 9.28. The number of carbonyl (C=O) groups is 1. The minimum Gasteiger partial charge on any atom is -0.387 e. The Balaban J connectivity index is 1.49. The van der Waals surface area contributed by atoms with Crippen molar-refractivity contribution in [1.82, 2.24) is 20.2 Å². The number of aliphatic hydroxyl groups is 1. The average Bonchev–Trinajstić information content (AvgIpc) is 3.07. The molecule has 1 aromatic carbocycles. The van der Waals surface area contributed by atoms with Crippen molar-refractivity contribution in [2.45, 2.75) is 51.2 Å². The van der Waals surface area contributed by atoms with Crippen LogP contribution in [0.15, 0.2) is 24.5 Å². The summed E-state index contributed by atoms with van der Waals surface area (Å²) in [6, 6.07) is 4.50. The van der Waals surface area contributed by atoms with E-state index in [4.69, 9.17) is 11.6 Å². The van der Waals surface area contributed by atoms with Crippen molar-refractivity contribution in [2.75, 3.05) is 37.6 Å². The van der Waals surface area contributed by atoms with Gasteiger partial charge in [-0.2, -0.15) is 0 Å². The number of nitrogens with zero attached hydrogens (tertiary/aromatic N) is 4. The third kappa shape index (κ3) is 5.13. The Bertz CT molecular complexity index is 992. The number of piperazine rings is 1. The van der Waals surface area contributed by atoms with Gasteiger partial charge in [-0.05, 0) is 36.1 Å². The fraction of sp³-hybridized carbons (Fsp3) is 0.542. The maximum Gasteiger partial charge on any atom is 0.231 e. The number of anilines is 1. The maximum absolute atomic E-state index is 14.0. The molecule has 1 aromatic heterocycles. The van der Waals surface area contributed by atoms with Crippen molar-refractivity contribution in [1.29, 1.82) is 0 Å². The normalized spacial score (nSPS) is 21.4. The minimum absolute atomic E-state index is 0.0406. The van der Waals surface area contributed by atoms with Crippen molar-refractivity contribution < 1.29 is 14.3 Å². The molecule has 33 heavy (non-hydrogen) atoms. The van der Waals surface area contributed by atoms with Crippen LogP contribution >= 0.6 is 11.6 Å². The highest BCUT2D eigenvalue weighted by Gasteiger charge is 2.35. The molecule has 2 N–H and O–H groups in total. The Labute approximate surface area is 199 Å². The van der Waals surface area contributed by atoms with E-state index < -0.39 is 17.8 Å². The number of fused-ring (bicyclic) bond motifs is 1. The van der Waals surface area contributed by atoms with Crippen LogP contribution in [0.4, 0.5) is 10.2 Å². The first kappa shape index (κ1) is 23.9. The average molecular weight is 476 g/mol. The fourth-order valence-corrected chi connectivity index (χ4v) is 5.02. The molecule has 0 radical (unpaired) electrons. The van der Waals surface area contributed by atoms with E-state index in [1.54, 1.807) is 6.07 Å². The molecule has 0 saturated carbocycles. The number of hydrogen-bond donors (Lipinski definition) is 2. The lowest BCUT2D eigenvalue weighted by molar-refractivity contribution is -0.133. The largest absolute Gasteiger partial charge is 0.387 e. The zero-order valence-electron chi connectivity index (χ0n) is 19.3. The van der Waals surface area contributed by atoms with Gasteiger partial charge in [0, 0.05) is 49.4 Å². The molecule has 4 rings (SSSR count). The number of amides is 1. The van der Waals surface area contributed by atoms with Gasteiger partial charge in [-0.3, -0.25) is 4.79 Å². The summed E-state index contributed by atoms with van der Waals surface area (Å²) in [5, 5.41) is 13.9. The molecule has 1 fully saturated rings. The number of rotatable bonds is 6. The highest BCUT2D eigenvalue weighted by molar-refractivity contribution is 6.30. The SMILES string of the molecule is CC(C)NC[C@@H](C(=O)N1CCN(c2ncnc3c2[C@H](C)C[C@H]3O)CC1)c1cc(F)cc(Cl)c1. The summed E-state index contributed by atoms with van der Waals surface area (Å²) in [6.07, 6.45) is 1.61. The van der Waals surface area contributed by atoms with Crippen LogP contribution in [0.5, 0.6) is 0 Å². The van der Waals surface area contributed by atoms with Crippen molar-refractivity contribution in [3.05, 3.63) is 52.2 Å². The van der Waals surface area contributed by atoms with E-state index in [0.29, 0.717) is 50.4 Å². The number of aliphatic hydroxyl groups excluding tert-OH is 1. The van der Waals surface area contributed by atoms with Crippen molar-refractivity contribution >= 4 is 23.3 Å². The monoisotopic (exact) mass is 475 g/mol. The Morgan fingerprint density at radius 1 is 1.24 bits per heavy atom. The summed E-state index contributed by atoms with van der Waals surface area (Å²) in [4.78, 5) is 26.3. The standard InChI is InChI=1S/C24H31ClFN5O2/c1-14(2)27-12-19(16-9-17(25)11-18(26)10-16)24(33)31-6-4-30(5-7-31)23-21-15(3)8-20(32)22(21)28-13-29-23/h9-11,13-15,19-20,27,32H,4-8,12H2,1-3H3/t15-,19-,20-/m1/s1. The third-order valence-corrected chi connectivity index (χ3v) is 6.70. The summed E-state index contributed by atoms with van der Waals surface area (Å²) in [7, 11) is 0. The van der Waals surface area contributed by atoms with Crippen LogP contribution in [-0.4, -0.2) is 64.6 Å². The van der Waals surface area contributed by atoms with Gasteiger partial charge < -0.3 is 20.2 Å². The van der Waals surface area contributed by atoms with E-state index in [-0.39, 0.29) is 22.9 Å². The van der Waals surface area contributed by atoms with Gasteiger partial charge in [0.15, 0.2) is 0 Å². The number of hydrogen-bond acceptors (Lipinski definition) is 6. The molecule has 0 spiro atoms. The first-order chi connectivity index (χ1) is 15.7. The van der Waals surface area contributed by atoms with E-state index in [1.165, 1.54) is 18.5 Å². The highest BCUT2D eigenvalue weighted by atomic mass is 35.5. The lowest BCUT2D eigenvalue weighted by Crippen LogP contribution is -2.51. The van der Waals surface area contributed by atoms with Gasteiger partial charge in [-0.15, -0.1) is 0 Å². The number of halogens is 2. The Morgan fingerprint density at radius 3 is 2.64 bits per heavy atom. The van der Waals surface area contributed by atoms with Gasteiger partial charge >= 0.3 is 0 Å². The van der Waals surface area contributed by atoms with Crippen molar-refractivity contribution in [3.63, 3.8) is 0 Å². The molecule has 1 aliphatic carbocycles. The summed E-state index contributed by atoms with van der Waals surface area (Å²) in [6.45, 7) is 8.85. The lowest BCUT2D eigenvalue weighted by Gasteiger charge is -2.38. The Kier molecular flexibility index (Phi) is 7.16. The van der Waals surface area contributed by atoms with Crippen molar-refractivity contribution in [3.8, 4) is 0 Å². The zero-order valence-corrected chi connectivity index (χ0v) is 20.0. The Morgan fingerprint density at radius 2 is 1.97 bits per heavy atom. The molecule has 2 aliphatic rings. The van der Waals surface area contributed by atoms with Gasteiger partial charge in [0.05, 0.1) is 17.7 Å². The van der Waals surface area contributed by atoms with Crippen LogP contribution in [-0.2, 0) is 4.79 Å². The molecule has 1 aliphatic heterocycles. The minimum atomic E-state index is -0.549. The molecule has 0 unspecified atom stereocenters. The third-order valence-electron chi connectivity index (χ3n) is 6.49. The molecule has 9 heteroatoms. The molecule has 2 aromatic rings. The summed E-state index contributed by atoms with van der Waals surface area (Å²) in [5.41, 5.74) is 2.31. The van der Waals surface area contributed by atoms with E-state index in [9.17, 15) is 14.3 Å². The van der Waals surface area contributed by atoms with E-state index in [2.05, 4.69) is 27.1 Å². The van der Waals surface area contributed by atoms with Crippen LogP contribution in [0.1, 0.15) is 62.0 Å². The molecule has 2 heterocycles. The molecular weight excluding hydrogens is 445 g/mol. The van der Waals surface area contributed by atoms with Gasteiger partial charge in [0.2, 0.25) is 5.91 Å². The molecule has 1 amide bonds. The molecule has 0 bridgehead atoms. The van der Waals surface area contributed by atoms with E-state index >= 15 is 0 Å². The molecule has 3 atom stereocenters. The van der Waals surface area contributed by atoms with Crippen LogP contribution in [0, 0.1) is 5.82 Å². The molecule has 1 saturated heterocycles. The maximum atomic E-state index is 14.0. The fourth-order valence-electron chi connectivity index (χ4n) is 4.79. The van der Waals surface area contributed by atoms with Gasteiger partial charge in [-0.1, -0.05) is 32.4 Å². The quantitative estimate of drug-likeness (QED) is 0.667. The van der Waals surface area contributed by atoms with Crippen LogP contribution in [0.2, 0.25) is 5.02 Å². The van der Waals surface area contributed by atoms with Gasteiger partial charge in [0.25, 0.3) is 0 Å². The molecule has 178 valence electrons. The van der Waals surface area contributed by atoms with Gasteiger partial charge in [-0.25, -0.2) is 14.4 Å². The predicted octanol–water partition coefficient (Wildman–Crippen LogP) is 3.24. The highest BCUT2D eigenvalue weighted by Crippen LogP contribution is 2.42. The van der Waals surface area contributed by atoms with E-state index in [0.717, 1.165) is 11.4 Å². The van der Waals surface area contributed by atoms with Crippen LogP contribution < -0.4 is 10.2 Å². The second-order valence-corrected chi connectivity index (χ2v) is 9.72. The topological polar surface area (TPSA) is 81.6 Å². The number of nitrogens with one attached hydrogen (secondary N) is 1. The zero-order chi connectivity index (χ0) is 23.7. The number of carbonyl (C=O) groups excluding carboxylic acids is 1. The summed E-state index contributed by atoms with van der Waals surface area (Å²) < 4.78 is 14.0. The van der Waals surface area contributed by atoms with Crippen LogP contribution in [0.3, 0.4) is 0 Å². The van der Waals surface area contributed by atoms with Gasteiger partial charge in [0.1, 0.15) is 18.0 Å². The summed E-state index contributed by atoms with van der Waals surface area (Å²) >= 11 is 6.08. The van der Waals surface area contributed by atoms with Crippen LogP contribution in [0.25, 0.3) is 0 Å². The summed E-state index contributed by atoms with van der Waals surface area (Å²) in [5.74, 6) is 0.0338. The first-order valence-electron chi connectivity index (χ1n) is 11.5. The Hall–Kier alpha value is -2.29. The first-order valence-corrected chi connectivity index (χ1v) is 11.9. The number of aromatic nitrogens is 2. The van der Waals surface area contributed by atoms with Crippen molar-refractivity contribution in [2.24, 2.45) is 0 Å². The molecular formula is C24H31ClFN5O2. The smallest absolute Gasteiger partial charge is 0.231 e. The lowest BCUT2D eigenvalue weighted by atomic mass is 9.96. The second kappa shape index (κ2) is 9.91. The number of benzene rings is 1. The molecule has 7 nitrogen and oxygen atoms in total. The predicted molar refractivity (Wildman–Crippen MR) is 126 cm³/mol. The van der Waals surface area contributed by atoms with E-state index in [1.807, 2.05) is 18.7 Å².